The molecule has 1 aromatic rings. The number of hydrogen-bond donors (Lipinski definition) is 1. The zero-order valence-corrected chi connectivity index (χ0v) is 6.24. The van der Waals surface area contributed by atoms with Gasteiger partial charge < -0.3 is 5.11 Å². The Morgan fingerprint density at radius 3 is 3.00 bits per heavy atom. The Morgan fingerprint density at radius 2 is 2.45 bits per heavy atom. The van der Waals surface area contributed by atoms with Crippen molar-refractivity contribution in [1.82, 2.24) is 4.98 Å². The summed E-state index contributed by atoms with van der Waals surface area (Å²) in [6.07, 6.45) is 2.77. The molecule has 0 spiro atoms. The van der Waals surface area contributed by atoms with Crippen LogP contribution in [-0.4, -0.2) is 16.4 Å². The van der Waals surface area contributed by atoms with Gasteiger partial charge in [-0.3, -0.25) is 9.78 Å². The van der Waals surface area contributed by atoms with Gasteiger partial charge >= 0.3 is 0 Å². The molecule has 0 amide bonds. The summed E-state index contributed by atoms with van der Waals surface area (Å²) in [7, 11) is 0. The van der Waals surface area contributed by atoms with Gasteiger partial charge in [-0.05, 0) is 12.5 Å². The Morgan fingerprint density at radius 1 is 1.73 bits per heavy atom. The van der Waals surface area contributed by atoms with Crippen LogP contribution >= 0.6 is 0 Å². The molecule has 0 unspecified atom stereocenters. The van der Waals surface area contributed by atoms with E-state index in [0.717, 1.165) is 0 Å². The molecule has 3 heteroatoms. The zero-order valence-electron chi connectivity index (χ0n) is 6.24. The van der Waals surface area contributed by atoms with Gasteiger partial charge in [-0.1, -0.05) is 6.92 Å². The van der Waals surface area contributed by atoms with Gasteiger partial charge in [-0.2, -0.15) is 0 Å². The van der Waals surface area contributed by atoms with Crippen LogP contribution in [0.15, 0.2) is 12.3 Å². The number of pyridine rings is 1. The third-order valence-corrected chi connectivity index (χ3v) is 1.49. The number of rotatable bonds is 2. The Balaban J connectivity index is 3.20. The molecule has 1 aromatic heterocycles. The van der Waals surface area contributed by atoms with Crippen molar-refractivity contribution in [2.75, 3.05) is 0 Å². The lowest BCUT2D eigenvalue weighted by Gasteiger charge is -2.00. The van der Waals surface area contributed by atoms with Crippen molar-refractivity contribution in [2.45, 2.75) is 13.3 Å². The minimum absolute atomic E-state index is 0.00463. The highest BCUT2D eigenvalue weighted by atomic mass is 16.3. The molecule has 58 valence electrons. The molecule has 0 saturated carbocycles. The van der Waals surface area contributed by atoms with E-state index in [0.29, 0.717) is 24.0 Å². The Labute approximate surface area is 64.7 Å². The third kappa shape index (κ3) is 1.37. The molecule has 1 rings (SSSR count). The molecule has 0 fully saturated rings. The number of aryl methyl sites for hydroxylation is 1. The number of nitrogens with zero attached hydrogens (tertiary/aromatic N) is 1. The lowest BCUT2D eigenvalue weighted by Crippen LogP contribution is -1.91. The maximum absolute atomic E-state index is 10.3. The monoisotopic (exact) mass is 151 g/mol. The van der Waals surface area contributed by atoms with E-state index >= 15 is 0 Å². The van der Waals surface area contributed by atoms with E-state index in [1.165, 1.54) is 12.3 Å². The van der Waals surface area contributed by atoms with Crippen molar-refractivity contribution in [1.29, 1.82) is 0 Å². The molecule has 0 saturated heterocycles. The molecule has 0 aromatic carbocycles. The second-order valence-corrected chi connectivity index (χ2v) is 2.17. The first-order valence-electron chi connectivity index (χ1n) is 3.41. The van der Waals surface area contributed by atoms with Gasteiger partial charge in [-0.15, -0.1) is 0 Å². The molecule has 0 aliphatic rings. The van der Waals surface area contributed by atoms with Crippen molar-refractivity contribution < 1.29 is 9.90 Å². The highest BCUT2D eigenvalue weighted by Crippen LogP contribution is 2.18. The van der Waals surface area contributed by atoms with Crippen molar-refractivity contribution in [3.05, 3.63) is 23.5 Å². The maximum atomic E-state index is 10.3. The summed E-state index contributed by atoms with van der Waals surface area (Å²) in [4.78, 5) is 14.2. The molecule has 11 heavy (non-hydrogen) atoms. The fourth-order valence-corrected chi connectivity index (χ4v) is 0.868. The smallest absolute Gasteiger partial charge is 0.153 e. The second kappa shape index (κ2) is 3.14. The van der Waals surface area contributed by atoms with E-state index in [-0.39, 0.29) is 5.75 Å². The van der Waals surface area contributed by atoms with Gasteiger partial charge in [0.25, 0.3) is 0 Å². The molecular weight excluding hydrogens is 142 g/mol. The number of aromatic hydroxyl groups is 1. The largest absolute Gasteiger partial charge is 0.505 e. The molecular formula is C8H9NO2. The summed E-state index contributed by atoms with van der Waals surface area (Å²) in [6.45, 7) is 1.87. The summed E-state index contributed by atoms with van der Waals surface area (Å²) >= 11 is 0. The molecule has 1 heterocycles. The van der Waals surface area contributed by atoms with E-state index in [9.17, 15) is 9.90 Å². The van der Waals surface area contributed by atoms with E-state index in [1.807, 2.05) is 6.92 Å². The Hall–Kier alpha value is -1.38. The van der Waals surface area contributed by atoms with Crippen LogP contribution in [0.4, 0.5) is 0 Å². The van der Waals surface area contributed by atoms with Crippen LogP contribution in [0.1, 0.15) is 23.0 Å². The minimum Gasteiger partial charge on any atom is -0.505 e. The van der Waals surface area contributed by atoms with Gasteiger partial charge in [0.2, 0.25) is 0 Å². The molecule has 0 radical (unpaired) electrons. The lowest BCUT2D eigenvalue weighted by molar-refractivity contribution is 0.112. The number of aldehydes is 1. The van der Waals surface area contributed by atoms with Crippen LogP contribution in [0.2, 0.25) is 0 Å². The Bertz CT molecular complexity index is 271. The van der Waals surface area contributed by atoms with Gasteiger partial charge in [0.1, 0.15) is 5.75 Å². The van der Waals surface area contributed by atoms with Crippen molar-refractivity contribution in [3.8, 4) is 5.75 Å². The first-order chi connectivity index (χ1) is 5.29. The van der Waals surface area contributed by atoms with E-state index in [2.05, 4.69) is 4.98 Å². The number of aromatic nitrogens is 1. The van der Waals surface area contributed by atoms with E-state index in [1.54, 1.807) is 0 Å². The normalized spacial score (nSPS) is 9.55. The summed E-state index contributed by atoms with van der Waals surface area (Å²) in [5.74, 6) is 0.00463. The van der Waals surface area contributed by atoms with Crippen molar-refractivity contribution in [2.24, 2.45) is 0 Å². The van der Waals surface area contributed by atoms with Crippen molar-refractivity contribution in [3.63, 3.8) is 0 Å². The summed E-state index contributed by atoms with van der Waals surface area (Å²) < 4.78 is 0. The Kier molecular flexibility index (Phi) is 2.21. The summed E-state index contributed by atoms with van der Waals surface area (Å²) in [5.41, 5.74) is 0.867. The van der Waals surface area contributed by atoms with Crippen LogP contribution in [0.5, 0.6) is 5.75 Å². The van der Waals surface area contributed by atoms with E-state index < -0.39 is 0 Å². The van der Waals surface area contributed by atoms with Crippen LogP contribution in [0, 0.1) is 0 Å². The van der Waals surface area contributed by atoms with Gasteiger partial charge in [0.15, 0.2) is 6.29 Å². The number of carbonyl (C=O) groups excluding carboxylic acids is 1. The van der Waals surface area contributed by atoms with Crippen molar-refractivity contribution >= 4 is 6.29 Å². The van der Waals surface area contributed by atoms with Gasteiger partial charge in [-0.25, -0.2) is 0 Å². The van der Waals surface area contributed by atoms with Gasteiger partial charge in [0.05, 0.1) is 11.3 Å². The molecule has 3 nitrogen and oxygen atoms in total. The molecule has 1 N–H and O–H groups in total. The van der Waals surface area contributed by atoms with Gasteiger partial charge in [0, 0.05) is 6.20 Å². The maximum Gasteiger partial charge on any atom is 0.153 e. The fraction of sp³-hybridized carbons (Fsp3) is 0.250. The molecule has 0 bridgehead atoms. The predicted octanol–water partition coefficient (Wildman–Crippen LogP) is 1.16. The minimum atomic E-state index is 0.00463. The second-order valence-electron chi connectivity index (χ2n) is 2.17. The number of carbonyl (C=O) groups is 1. The summed E-state index contributed by atoms with van der Waals surface area (Å²) in [6, 6.07) is 1.49. The van der Waals surface area contributed by atoms with Crippen LogP contribution in [0.3, 0.4) is 0 Å². The first-order valence-corrected chi connectivity index (χ1v) is 3.41. The molecule has 0 aliphatic heterocycles. The quantitative estimate of drug-likeness (QED) is 0.645. The van der Waals surface area contributed by atoms with Crippen LogP contribution in [-0.2, 0) is 6.42 Å². The predicted molar refractivity (Wildman–Crippen MR) is 40.7 cm³/mol. The lowest BCUT2D eigenvalue weighted by atomic mass is 10.2. The first kappa shape index (κ1) is 7.72. The highest BCUT2D eigenvalue weighted by molar-refractivity contribution is 5.79. The zero-order chi connectivity index (χ0) is 8.27. The fourth-order valence-electron chi connectivity index (χ4n) is 0.868. The standard InChI is InChI=1S/C8H9NO2/c1-2-7-8(11)6(5-10)3-4-9-7/h3-5,11H,2H2,1H3. The van der Waals surface area contributed by atoms with E-state index in [4.69, 9.17) is 0 Å². The number of hydrogen-bond acceptors (Lipinski definition) is 3. The molecule has 0 aliphatic carbocycles. The van der Waals surface area contributed by atoms with Crippen LogP contribution in [0.25, 0.3) is 0 Å². The highest BCUT2D eigenvalue weighted by Gasteiger charge is 2.04. The SMILES string of the molecule is CCc1nccc(C=O)c1O. The van der Waals surface area contributed by atoms with Crippen LogP contribution < -0.4 is 0 Å². The summed E-state index contributed by atoms with van der Waals surface area (Å²) in [5, 5.41) is 9.30. The molecule has 0 atom stereocenters. The topological polar surface area (TPSA) is 50.2 Å². The third-order valence-electron chi connectivity index (χ3n) is 1.49. The average molecular weight is 151 g/mol. The average Bonchev–Trinajstić information content (AvgIpc) is 2.05.